The molecule has 1 aliphatic rings. The molecule has 1 amide bonds. The molecule has 7 nitrogen and oxygen atoms in total. The summed E-state index contributed by atoms with van der Waals surface area (Å²) in [5, 5.41) is 11.5. The fourth-order valence-electron chi connectivity index (χ4n) is 3.32. The lowest BCUT2D eigenvalue weighted by atomic mass is 9.94. The number of hydrogen-bond acceptors (Lipinski definition) is 4. The summed E-state index contributed by atoms with van der Waals surface area (Å²) < 4.78 is 2.07. The third kappa shape index (κ3) is 3.61. The van der Waals surface area contributed by atoms with Gasteiger partial charge in [0.05, 0.1) is 12.2 Å². The molecule has 0 spiro atoms. The van der Waals surface area contributed by atoms with Crippen molar-refractivity contribution in [2.75, 3.05) is 19.6 Å². The maximum absolute atomic E-state index is 11.2. The van der Waals surface area contributed by atoms with Crippen molar-refractivity contribution in [2.45, 2.75) is 39.2 Å². The van der Waals surface area contributed by atoms with Crippen molar-refractivity contribution in [1.29, 1.82) is 0 Å². The number of hydrogen-bond donors (Lipinski definition) is 2. The Morgan fingerprint density at radius 3 is 2.87 bits per heavy atom. The van der Waals surface area contributed by atoms with Gasteiger partial charge in [-0.3, -0.25) is 14.6 Å². The largest absolute Gasteiger partial charge is 0.364 e. The van der Waals surface area contributed by atoms with Gasteiger partial charge in [-0.15, -0.1) is 0 Å². The van der Waals surface area contributed by atoms with Crippen LogP contribution in [0.4, 0.5) is 0 Å². The molecule has 1 fully saturated rings. The molecule has 2 aromatic rings. The smallest absolute Gasteiger partial charge is 0.269 e. The van der Waals surface area contributed by atoms with E-state index in [1.165, 1.54) is 5.69 Å². The number of carbonyl (C=O) groups is 1. The van der Waals surface area contributed by atoms with Gasteiger partial charge in [0.2, 0.25) is 0 Å². The Balaban J connectivity index is 1.59. The number of aromatic nitrogens is 4. The Kier molecular flexibility index (Phi) is 4.47. The van der Waals surface area contributed by atoms with Gasteiger partial charge in [-0.05, 0) is 45.4 Å². The molecule has 1 aliphatic heterocycles. The molecule has 3 N–H and O–H groups in total. The minimum atomic E-state index is -0.482. The number of aromatic amines is 1. The van der Waals surface area contributed by atoms with E-state index in [0.717, 1.165) is 50.4 Å². The highest BCUT2D eigenvalue weighted by Crippen LogP contribution is 2.25. The third-order valence-electron chi connectivity index (χ3n) is 4.53. The van der Waals surface area contributed by atoms with Crippen LogP contribution in [0.25, 0.3) is 0 Å². The molecule has 0 saturated carbocycles. The van der Waals surface area contributed by atoms with E-state index in [2.05, 4.69) is 37.9 Å². The van der Waals surface area contributed by atoms with Crippen molar-refractivity contribution in [1.82, 2.24) is 24.9 Å². The van der Waals surface area contributed by atoms with Crippen LogP contribution in [0.15, 0.2) is 12.1 Å². The molecule has 3 heterocycles. The van der Waals surface area contributed by atoms with Gasteiger partial charge >= 0.3 is 0 Å². The van der Waals surface area contributed by atoms with E-state index in [4.69, 9.17) is 5.73 Å². The summed E-state index contributed by atoms with van der Waals surface area (Å²) in [7, 11) is 0. The number of rotatable bonds is 5. The first-order valence-electron chi connectivity index (χ1n) is 8.11. The van der Waals surface area contributed by atoms with Gasteiger partial charge in [-0.25, -0.2) is 0 Å². The lowest BCUT2D eigenvalue weighted by Crippen LogP contribution is -2.36. The van der Waals surface area contributed by atoms with Gasteiger partial charge in [0, 0.05) is 30.4 Å². The van der Waals surface area contributed by atoms with Crippen molar-refractivity contribution in [3.05, 3.63) is 34.9 Å². The molecule has 0 aliphatic carbocycles. The maximum Gasteiger partial charge on any atom is 0.269 e. The zero-order valence-corrected chi connectivity index (χ0v) is 13.7. The van der Waals surface area contributed by atoms with Crippen molar-refractivity contribution < 1.29 is 4.79 Å². The minimum absolute atomic E-state index is 0.319. The Labute approximate surface area is 135 Å². The van der Waals surface area contributed by atoms with Crippen molar-refractivity contribution >= 4 is 5.91 Å². The number of likely N-dealkylation sites (tertiary alicyclic amines) is 1. The Bertz CT molecular complexity index is 689. The highest BCUT2D eigenvalue weighted by molar-refractivity contribution is 5.90. The van der Waals surface area contributed by atoms with Gasteiger partial charge in [-0.2, -0.15) is 10.2 Å². The average Bonchev–Trinajstić information content (AvgIpc) is 3.12. The van der Waals surface area contributed by atoms with Gasteiger partial charge < -0.3 is 10.6 Å². The molecule has 0 bridgehead atoms. The first-order valence-corrected chi connectivity index (χ1v) is 8.11. The van der Waals surface area contributed by atoms with Crippen molar-refractivity contribution in [3.8, 4) is 0 Å². The summed E-state index contributed by atoms with van der Waals surface area (Å²) in [6, 6.07) is 3.90. The van der Waals surface area contributed by atoms with Crippen molar-refractivity contribution in [3.63, 3.8) is 0 Å². The van der Waals surface area contributed by atoms with E-state index in [9.17, 15) is 4.79 Å². The number of primary amides is 1. The molecule has 23 heavy (non-hydrogen) atoms. The second kappa shape index (κ2) is 6.54. The topological polar surface area (TPSA) is 92.8 Å². The quantitative estimate of drug-likeness (QED) is 0.867. The molecule has 1 unspecified atom stereocenters. The van der Waals surface area contributed by atoms with Crippen molar-refractivity contribution in [2.24, 2.45) is 5.73 Å². The molecule has 0 radical (unpaired) electrons. The number of nitrogens with zero attached hydrogens (tertiary/aromatic N) is 4. The lowest BCUT2D eigenvalue weighted by molar-refractivity contribution is 0.0995. The number of carbonyl (C=O) groups excluding carboxylic acids is 1. The standard InChI is InChI=1S/C16H24N6O/c1-11-8-12(2)22(20-11)7-6-21-5-3-4-13(10-21)14-9-15(16(17)23)19-18-14/h8-9,13H,3-7,10H2,1-2H3,(H2,17,23)(H,18,19). The van der Waals surface area contributed by atoms with Crippen LogP contribution in [0.1, 0.15) is 46.3 Å². The Morgan fingerprint density at radius 2 is 2.22 bits per heavy atom. The predicted molar refractivity (Wildman–Crippen MR) is 87.2 cm³/mol. The first kappa shape index (κ1) is 15.7. The SMILES string of the molecule is Cc1cc(C)n(CCN2CCCC(c3cc(C(N)=O)n[nH]3)C2)n1. The number of piperidine rings is 1. The molecular weight excluding hydrogens is 292 g/mol. The summed E-state index contributed by atoms with van der Waals surface area (Å²) in [4.78, 5) is 13.6. The first-order chi connectivity index (χ1) is 11.0. The van der Waals surface area contributed by atoms with Gasteiger partial charge in [0.1, 0.15) is 5.69 Å². The van der Waals surface area contributed by atoms with Crippen LogP contribution >= 0.6 is 0 Å². The van der Waals surface area contributed by atoms with E-state index < -0.39 is 5.91 Å². The van der Waals surface area contributed by atoms with Crippen LogP contribution in [0, 0.1) is 13.8 Å². The zero-order chi connectivity index (χ0) is 16.4. The third-order valence-corrected chi connectivity index (χ3v) is 4.53. The van der Waals surface area contributed by atoms with Gasteiger partial charge in [0.15, 0.2) is 0 Å². The normalized spacial score (nSPS) is 19.1. The number of nitrogens with one attached hydrogen (secondary N) is 1. The summed E-state index contributed by atoms with van der Waals surface area (Å²) in [5.74, 6) is -0.102. The zero-order valence-electron chi connectivity index (χ0n) is 13.7. The van der Waals surface area contributed by atoms with E-state index in [1.807, 2.05) is 6.92 Å². The number of aryl methyl sites for hydroxylation is 2. The highest BCUT2D eigenvalue weighted by Gasteiger charge is 2.23. The summed E-state index contributed by atoms with van der Waals surface area (Å²) in [6.07, 6.45) is 2.25. The average molecular weight is 316 g/mol. The summed E-state index contributed by atoms with van der Waals surface area (Å²) >= 11 is 0. The fraction of sp³-hybridized carbons (Fsp3) is 0.562. The molecule has 124 valence electrons. The highest BCUT2D eigenvalue weighted by atomic mass is 16.1. The minimum Gasteiger partial charge on any atom is -0.364 e. The van der Waals surface area contributed by atoms with Crippen LogP contribution in [0.3, 0.4) is 0 Å². The summed E-state index contributed by atoms with van der Waals surface area (Å²) in [6.45, 7) is 8.08. The van der Waals surface area contributed by atoms with Gasteiger partial charge in [-0.1, -0.05) is 0 Å². The lowest BCUT2D eigenvalue weighted by Gasteiger charge is -2.32. The maximum atomic E-state index is 11.2. The Morgan fingerprint density at radius 1 is 1.39 bits per heavy atom. The molecule has 1 saturated heterocycles. The van der Waals surface area contributed by atoms with Crippen LogP contribution in [-0.2, 0) is 6.54 Å². The number of amides is 1. The predicted octanol–water partition coefficient (Wildman–Crippen LogP) is 1.20. The molecule has 0 aromatic carbocycles. The van der Waals surface area contributed by atoms with E-state index in [-0.39, 0.29) is 0 Å². The molecule has 3 rings (SSSR count). The van der Waals surface area contributed by atoms with E-state index >= 15 is 0 Å². The molecule has 2 aromatic heterocycles. The fourth-order valence-corrected chi connectivity index (χ4v) is 3.32. The van der Waals surface area contributed by atoms with Crippen LogP contribution in [0.5, 0.6) is 0 Å². The second-order valence-electron chi connectivity index (χ2n) is 6.36. The molecule has 7 heteroatoms. The van der Waals surface area contributed by atoms with Crippen LogP contribution in [0.2, 0.25) is 0 Å². The van der Waals surface area contributed by atoms with E-state index in [0.29, 0.717) is 11.6 Å². The van der Waals surface area contributed by atoms with Crippen LogP contribution in [-0.4, -0.2) is 50.4 Å². The molecular formula is C16H24N6O. The molecule has 1 atom stereocenters. The monoisotopic (exact) mass is 316 g/mol. The number of H-pyrrole nitrogens is 1. The number of nitrogens with two attached hydrogens (primary N) is 1. The van der Waals surface area contributed by atoms with E-state index in [1.54, 1.807) is 6.07 Å². The van der Waals surface area contributed by atoms with Gasteiger partial charge in [0.25, 0.3) is 5.91 Å². The van der Waals surface area contributed by atoms with Crippen LogP contribution < -0.4 is 5.73 Å². The summed E-state index contributed by atoms with van der Waals surface area (Å²) in [5.41, 5.74) is 8.87. The second-order valence-corrected chi connectivity index (χ2v) is 6.36. The Hall–Kier alpha value is -2.15.